The van der Waals surface area contributed by atoms with Gasteiger partial charge in [0.25, 0.3) is 11.4 Å². The molecule has 0 atom stereocenters. The van der Waals surface area contributed by atoms with Crippen molar-refractivity contribution in [2.45, 2.75) is 13.8 Å². The maximum atomic E-state index is 13.1. The third kappa shape index (κ3) is 9.79. The molecule has 0 amide bonds. The largest absolute Gasteiger partial charge is 0.488 e. The van der Waals surface area contributed by atoms with Gasteiger partial charge in [0.2, 0.25) is 0 Å². The summed E-state index contributed by atoms with van der Waals surface area (Å²) in [6.45, 7) is 4.00. The zero-order valence-electron chi connectivity index (χ0n) is 25.9. The van der Waals surface area contributed by atoms with Crippen LogP contribution in [0.1, 0.15) is 44.9 Å². The first-order chi connectivity index (χ1) is 23.6. The Morgan fingerprint density at radius 3 is 1.46 bits per heavy atom. The van der Waals surface area contributed by atoms with Crippen molar-refractivity contribution >= 4 is 67.0 Å². The molecule has 0 aliphatic rings. The van der Waals surface area contributed by atoms with E-state index >= 15 is 0 Å². The second-order valence-corrected chi connectivity index (χ2v) is 9.66. The lowest BCUT2D eigenvalue weighted by atomic mass is 9.79. The van der Waals surface area contributed by atoms with E-state index in [4.69, 9.17) is 14.2 Å². The van der Waals surface area contributed by atoms with E-state index in [1.807, 2.05) is 13.8 Å². The standard InChI is InChI=1S/C27H19B3N2O16.C2H6/c33-25(14-2-1-3-17(6-14)28(36)37)47-23-5-4-22(46-26(34)15-7-18(29(38)39)11-20(9-15)31(42)43)13-24(23)48-27(35)16-8-19(30(40)41)12-21(10-16)32(44)45;1-2/h1-13,36-41H;1-2H3. The maximum Gasteiger partial charge on any atom is 0.488 e. The highest BCUT2D eigenvalue weighted by Gasteiger charge is 2.25. The quantitative estimate of drug-likeness (QED) is 0.0370. The summed E-state index contributed by atoms with van der Waals surface area (Å²) in [5, 5.41) is 79.4. The molecule has 0 unspecified atom stereocenters. The molecule has 50 heavy (non-hydrogen) atoms. The Bertz CT molecular complexity index is 1940. The van der Waals surface area contributed by atoms with Crippen LogP contribution in [0.15, 0.2) is 78.9 Å². The number of benzene rings is 4. The van der Waals surface area contributed by atoms with Gasteiger partial charge in [-0.2, -0.15) is 0 Å². The summed E-state index contributed by atoms with van der Waals surface area (Å²) >= 11 is 0. The lowest BCUT2D eigenvalue weighted by Gasteiger charge is -2.13. The molecular weight excluding hydrogens is 665 g/mol. The van der Waals surface area contributed by atoms with Crippen LogP contribution in [-0.2, 0) is 0 Å². The van der Waals surface area contributed by atoms with Crippen LogP contribution in [0.2, 0.25) is 0 Å². The van der Waals surface area contributed by atoms with Crippen molar-refractivity contribution in [3.05, 3.63) is 116 Å². The lowest BCUT2D eigenvalue weighted by Crippen LogP contribution is -2.31. The van der Waals surface area contributed by atoms with E-state index in [1.165, 1.54) is 18.2 Å². The molecule has 0 spiro atoms. The zero-order chi connectivity index (χ0) is 37.3. The van der Waals surface area contributed by atoms with Crippen LogP contribution in [-0.4, -0.2) is 79.3 Å². The minimum Gasteiger partial charge on any atom is -0.423 e. The van der Waals surface area contributed by atoms with E-state index in [0.717, 1.165) is 60.7 Å². The van der Waals surface area contributed by atoms with Crippen LogP contribution in [0, 0.1) is 20.2 Å². The molecule has 21 heteroatoms. The van der Waals surface area contributed by atoms with Crippen LogP contribution in [0.3, 0.4) is 0 Å². The predicted octanol–water partition coefficient (Wildman–Crippen LogP) is -0.774. The van der Waals surface area contributed by atoms with E-state index < -0.39 is 99.8 Å². The van der Waals surface area contributed by atoms with Gasteiger partial charge < -0.3 is 44.4 Å². The summed E-state index contributed by atoms with van der Waals surface area (Å²) in [5.41, 5.74) is -3.52. The van der Waals surface area contributed by atoms with Gasteiger partial charge in [-0.25, -0.2) is 14.4 Å². The molecule has 0 bridgehead atoms. The van der Waals surface area contributed by atoms with Gasteiger partial charge in [-0.05, 0) is 52.8 Å². The van der Waals surface area contributed by atoms with Gasteiger partial charge in [-0.3, -0.25) is 20.2 Å². The Morgan fingerprint density at radius 1 is 0.540 bits per heavy atom. The third-order valence-corrected chi connectivity index (χ3v) is 6.32. The number of nitrogens with zero attached hydrogens (tertiary/aromatic N) is 2. The van der Waals surface area contributed by atoms with Crippen molar-refractivity contribution in [2.75, 3.05) is 0 Å². The van der Waals surface area contributed by atoms with Crippen molar-refractivity contribution in [1.29, 1.82) is 0 Å². The molecule has 6 N–H and O–H groups in total. The van der Waals surface area contributed by atoms with Crippen LogP contribution in [0.25, 0.3) is 0 Å². The number of nitro benzene ring substituents is 2. The Kier molecular flexibility index (Phi) is 13.0. The van der Waals surface area contributed by atoms with Gasteiger partial charge in [-0.1, -0.05) is 26.0 Å². The number of carbonyl (C=O) groups is 3. The van der Waals surface area contributed by atoms with Crippen molar-refractivity contribution in [2.24, 2.45) is 0 Å². The topological polar surface area (TPSA) is 287 Å². The number of nitro groups is 2. The van der Waals surface area contributed by atoms with Gasteiger partial charge >= 0.3 is 39.3 Å². The molecule has 0 saturated carbocycles. The first-order valence-corrected chi connectivity index (χ1v) is 14.2. The second-order valence-electron chi connectivity index (χ2n) is 9.66. The van der Waals surface area contributed by atoms with Crippen molar-refractivity contribution < 1.29 is 68.6 Å². The summed E-state index contributed by atoms with van der Waals surface area (Å²) in [5.74, 6) is -5.20. The number of hydrogen-bond donors (Lipinski definition) is 6. The summed E-state index contributed by atoms with van der Waals surface area (Å²) in [6, 6.07) is 12.8. The highest BCUT2D eigenvalue weighted by Crippen LogP contribution is 2.33. The number of ether oxygens (including phenoxy) is 3. The molecular formula is C29H25B3N2O16. The molecule has 0 aliphatic carbocycles. The fourth-order valence-corrected chi connectivity index (χ4v) is 4.04. The summed E-state index contributed by atoms with van der Waals surface area (Å²) < 4.78 is 15.8. The van der Waals surface area contributed by atoms with Crippen molar-refractivity contribution in [1.82, 2.24) is 0 Å². The third-order valence-electron chi connectivity index (χ3n) is 6.32. The normalized spacial score (nSPS) is 10.2. The minimum atomic E-state index is -2.22. The van der Waals surface area contributed by atoms with Gasteiger partial charge in [-0.15, -0.1) is 0 Å². The molecule has 4 aromatic rings. The zero-order valence-corrected chi connectivity index (χ0v) is 25.9. The Morgan fingerprint density at radius 2 is 0.980 bits per heavy atom. The van der Waals surface area contributed by atoms with E-state index in [9.17, 15) is 64.8 Å². The summed E-state index contributed by atoms with van der Waals surface area (Å²) in [4.78, 5) is 59.8. The second kappa shape index (κ2) is 16.9. The number of esters is 3. The molecule has 0 heterocycles. The van der Waals surface area contributed by atoms with Crippen LogP contribution in [0.5, 0.6) is 17.2 Å². The first kappa shape index (κ1) is 38.5. The molecule has 4 aromatic carbocycles. The molecule has 0 aliphatic heterocycles. The minimum absolute atomic E-state index is 0.0658. The Labute approximate surface area is 282 Å². The lowest BCUT2D eigenvalue weighted by molar-refractivity contribution is -0.385. The summed E-state index contributed by atoms with van der Waals surface area (Å²) in [7, 11) is -6.33. The number of rotatable bonds is 11. The van der Waals surface area contributed by atoms with E-state index in [-0.39, 0.29) is 11.0 Å². The predicted molar refractivity (Wildman–Crippen MR) is 175 cm³/mol. The molecule has 4 rings (SSSR count). The van der Waals surface area contributed by atoms with Crippen LogP contribution in [0.4, 0.5) is 11.4 Å². The maximum absolute atomic E-state index is 13.1. The smallest absolute Gasteiger partial charge is 0.423 e. The average Bonchev–Trinajstić information content (AvgIpc) is 3.09. The summed E-state index contributed by atoms with van der Waals surface area (Å²) in [6.07, 6.45) is 0. The Hall–Kier alpha value is -5.96. The van der Waals surface area contributed by atoms with Gasteiger partial charge in [0.1, 0.15) is 5.75 Å². The highest BCUT2D eigenvalue weighted by atomic mass is 16.6. The van der Waals surface area contributed by atoms with E-state index in [1.54, 1.807) is 0 Å². The number of hydrogen-bond acceptors (Lipinski definition) is 16. The Balaban J connectivity index is 0.00000332. The first-order valence-electron chi connectivity index (χ1n) is 14.2. The molecule has 0 fully saturated rings. The number of non-ortho nitro benzene ring substituents is 2. The van der Waals surface area contributed by atoms with Crippen molar-refractivity contribution in [3.8, 4) is 17.2 Å². The molecule has 0 radical (unpaired) electrons. The fourth-order valence-electron chi connectivity index (χ4n) is 4.04. The average molecular weight is 690 g/mol. The SMILES string of the molecule is CC.O=C(Oc1ccc(OC(=O)c2cccc(B(O)O)c2)c(OC(=O)c2cc(B(O)O)cc([N+](=O)[O-])c2)c1)c1cc(B(O)O)cc([N+](=O)[O-])c1. The van der Waals surface area contributed by atoms with E-state index in [2.05, 4.69) is 0 Å². The van der Waals surface area contributed by atoms with Crippen molar-refractivity contribution in [3.63, 3.8) is 0 Å². The van der Waals surface area contributed by atoms with Crippen LogP contribution >= 0.6 is 0 Å². The van der Waals surface area contributed by atoms with Gasteiger partial charge in [0.05, 0.1) is 26.5 Å². The van der Waals surface area contributed by atoms with Gasteiger partial charge in [0.15, 0.2) is 11.5 Å². The molecule has 256 valence electrons. The van der Waals surface area contributed by atoms with Crippen LogP contribution < -0.4 is 30.6 Å². The number of carbonyl (C=O) groups excluding carboxylic acids is 3. The van der Waals surface area contributed by atoms with E-state index in [0.29, 0.717) is 0 Å². The monoisotopic (exact) mass is 690 g/mol. The van der Waals surface area contributed by atoms with Gasteiger partial charge in [0, 0.05) is 30.3 Å². The highest BCUT2D eigenvalue weighted by molar-refractivity contribution is 6.59. The molecule has 0 saturated heterocycles. The molecule has 18 nitrogen and oxygen atoms in total. The fraction of sp³-hybridized carbons (Fsp3) is 0.0690. The molecule has 0 aromatic heterocycles.